The number of hydrogen-bond donors (Lipinski definition) is 2. The number of rotatable bonds is 1. The van der Waals surface area contributed by atoms with Crippen molar-refractivity contribution in [1.82, 2.24) is 4.90 Å². The fourth-order valence-corrected chi connectivity index (χ4v) is 1.96. The van der Waals surface area contributed by atoms with Crippen molar-refractivity contribution >= 4 is 23.4 Å². The van der Waals surface area contributed by atoms with E-state index in [4.69, 9.17) is 27.2 Å². The minimum Gasteiger partial charge on any atom is -0.465 e. The van der Waals surface area contributed by atoms with Gasteiger partial charge in [-0.25, -0.2) is 4.79 Å². The summed E-state index contributed by atoms with van der Waals surface area (Å²) in [6.45, 7) is 1.10. The van der Waals surface area contributed by atoms with Crippen LogP contribution in [0, 0.1) is 0 Å². The predicted molar refractivity (Wildman–Crippen MR) is 64.2 cm³/mol. The Morgan fingerprint density at radius 3 is 3.00 bits per heavy atom. The van der Waals surface area contributed by atoms with Crippen LogP contribution in [-0.4, -0.2) is 35.8 Å². The van der Waals surface area contributed by atoms with E-state index in [1.54, 1.807) is 18.2 Å². The molecule has 0 spiro atoms. The molecule has 1 aliphatic heterocycles. The van der Waals surface area contributed by atoms with Crippen molar-refractivity contribution < 1.29 is 14.6 Å². The Hall–Kier alpha value is -1.46. The van der Waals surface area contributed by atoms with E-state index in [1.165, 1.54) is 4.90 Å². The highest BCUT2D eigenvalue weighted by atomic mass is 35.5. The van der Waals surface area contributed by atoms with Crippen LogP contribution in [0.5, 0.6) is 0 Å². The van der Waals surface area contributed by atoms with Crippen LogP contribution in [0.1, 0.15) is 11.7 Å². The molecule has 1 aromatic rings. The third kappa shape index (κ3) is 2.62. The van der Waals surface area contributed by atoms with Gasteiger partial charge in [-0.2, -0.15) is 0 Å². The van der Waals surface area contributed by atoms with Crippen molar-refractivity contribution in [3.8, 4) is 0 Å². The van der Waals surface area contributed by atoms with Gasteiger partial charge in [0.2, 0.25) is 0 Å². The van der Waals surface area contributed by atoms with E-state index in [0.29, 0.717) is 30.4 Å². The van der Waals surface area contributed by atoms with Gasteiger partial charge in [0.05, 0.1) is 23.9 Å². The van der Waals surface area contributed by atoms with Gasteiger partial charge in [-0.15, -0.1) is 0 Å². The summed E-state index contributed by atoms with van der Waals surface area (Å²) in [6.07, 6.45) is -1.21. The molecule has 92 valence electrons. The third-order valence-corrected chi connectivity index (χ3v) is 3.06. The largest absolute Gasteiger partial charge is 0.465 e. The molecule has 0 radical (unpaired) electrons. The third-order valence-electron chi connectivity index (χ3n) is 2.73. The highest BCUT2D eigenvalue weighted by Crippen LogP contribution is 2.27. The number of carbonyl (C=O) groups is 1. The van der Waals surface area contributed by atoms with Crippen molar-refractivity contribution in [3.05, 3.63) is 28.8 Å². The quantitative estimate of drug-likeness (QED) is 0.754. The minimum atomic E-state index is -0.931. The Balaban J connectivity index is 2.16. The van der Waals surface area contributed by atoms with Gasteiger partial charge in [0, 0.05) is 6.54 Å². The zero-order chi connectivity index (χ0) is 12.4. The molecule has 1 unspecified atom stereocenters. The van der Waals surface area contributed by atoms with Gasteiger partial charge in [0.1, 0.15) is 6.10 Å². The standard InChI is InChI=1S/C11H13ClN2O3/c12-8-5-7(1-2-9(8)13)10-6-14(11(15)16)3-4-17-10/h1-2,5,10H,3-4,6,13H2,(H,15,16). The van der Waals surface area contributed by atoms with Crippen molar-refractivity contribution in [2.45, 2.75) is 6.10 Å². The van der Waals surface area contributed by atoms with E-state index in [0.717, 1.165) is 5.56 Å². The molecular weight excluding hydrogens is 244 g/mol. The second-order valence-electron chi connectivity index (χ2n) is 3.87. The van der Waals surface area contributed by atoms with Gasteiger partial charge in [0.25, 0.3) is 0 Å². The maximum atomic E-state index is 10.9. The van der Waals surface area contributed by atoms with Gasteiger partial charge in [-0.05, 0) is 17.7 Å². The average Bonchev–Trinajstić information content (AvgIpc) is 2.33. The van der Waals surface area contributed by atoms with E-state index in [-0.39, 0.29) is 6.10 Å². The van der Waals surface area contributed by atoms with Crippen LogP contribution in [0.25, 0.3) is 0 Å². The number of morpholine rings is 1. The molecule has 1 saturated heterocycles. The summed E-state index contributed by atoms with van der Waals surface area (Å²) in [4.78, 5) is 12.2. The Kier molecular flexibility index (Phi) is 3.40. The lowest BCUT2D eigenvalue weighted by atomic mass is 10.1. The molecule has 17 heavy (non-hydrogen) atoms. The maximum Gasteiger partial charge on any atom is 0.407 e. The normalized spacial score (nSPS) is 20.3. The lowest BCUT2D eigenvalue weighted by molar-refractivity contribution is -0.0231. The predicted octanol–water partition coefficient (Wildman–Crippen LogP) is 1.97. The van der Waals surface area contributed by atoms with Crippen LogP contribution in [0.4, 0.5) is 10.5 Å². The number of halogens is 1. The van der Waals surface area contributed by atoms with Crippen LogP contribution in [-0.2, 0) is 4.74 Å². The molecule has 1 atom stereocenters. The molecule has 3 N–H and O–H groups in total. The van der Waals surface area contributed by atoms with Crippen LogP contribution in [0.15, 0.2) is 18.2 Å². The first-order chi connectivity index (χ1) is 8.08. The molecule has 0 bridgehead atoms. The number of nitrogens with two attached hydrogens (primary N) is 1. The summed E-state index contributed by atoms with van der Waals surface area (Å²) < 4.78 is 5.53. The summed E-state index contributed by atoms with van der Waals surface area (Å²) in [7, 11) is 0. The van der Waals surface area contributed by atoms with E-state index < -0.39 is 6.09 Å². The molecule has 1 fully saturated rings. The molecule has 0 aliphatic carbocycles. The fourth-order valence-electron chi connectivity index (χ4n) is 1.77. The topological polar surface area (TPSA) is 75.8 Å². The molecular formula is C11H13ClN2O3. The van der Waals surface area contributed by atoms with Crippen LogP contribution < -0.4 is 5.73 Å². The molecule has 5 nitrogen and oxygen atoms in total. The van der Waals surface area contributed by atoms with Gasteiger partial charge in [0.15, 0.2) is 0 Å². The Morgan fingerprint density at radius 1 is 1.59 bits per heavy atom. The molecule has 1 aliphatic rings. The molecule has 2 rings (SSSR count). The molecule has 1 aromatic carbocycles. The highest BCUT2D eigenvalue weighted by Gasteiger charge is 2.25. The molecule has 0 saturated carbocycles. The monoisotopic (exact) mass is 256 g/mol. The molecule has 6 heteroatoms. The Labute approximate surface area is 104 Å². The second-order valence-corrected chi connectivity index (χ2v) is 4.28. The lowest BCUT2D eigenvalue weighted by Gasteiger charge is -2.31. The van der Waals surface area contributed by atoms with E-state index in [9.17, 15) is 4.79 Å². The van der Waals surface area contributed by atoms with E-state index in [2.05, 4.69) is 0 Å². The average molecular weight is 257 g/mol. The van der Waals surface area contributed by atoms with Crippen LogP contribution in [0.3, 0.4) is 0 Å². The Bertz CT molecular complexity index is 439. The van der Waals surface area contributed by atoms with Crippen molar-refractivity contribution in [2.24, 2.45) is 0 Å². The van der Waals surface area contributed by atoms with Crippen LogP contribution in [0.2, 0.25) is 5.02 Å². The first kappa shape index (κ1) is 12.0. The number of nitrogen functional groups attached to an aromatic ring is 1. The van der Waals surface area contributed by atoms with Gasteiger partial charge in [-0.3, -0.25) is 0 Å². The summed E-state index contributed by atoms with van der Waals surface area (Å²) in [5.41, 5.74) is 6.96. The lowest BCUT2D eigenvalue weighted by Crippen LogP contribution is -2.41. The number of anilines is 1. The van der Waals surface area contributed by atoms with Gasteiger partial charge in [-0.1, -0.05) is 17.7 Å². The van der Waals surface area contributed by atoms with Gasteiger partial charge >= 0.3 is 6.09 Å². The van der Waals surface area contributed by atoms with E-state index in [1.807, 2.05) is 0 Å². The molecule has 1 amide bonds. The molecule has 0 aromatic heterocycles. The number of hydrogen-bond acceptors (Lipinski definition) is 3. The summed E-state index contributed by atoms with van der Waals surface area (Å²) in [5.74, 6) is 0. The molecule has 1 heterocycles. The second kappa shape index (κ2) is 4.81. The number of carboxylic acid groups (broad SMARTS) is 1. The first-order valence-electron chi connectivity index (χ1n) is 5.22. The first-order valence-corrected chi connectivity index (χ1v) is 5.60. The van der Waals surface area contributed by atoms with E-state index >= 15 is 0 Å². The number of benzene rings is 1. The Morgan fingerprint density at radius 2 is 2.35 bits per heavy atom. The van der Waals surface area contributed by atoms with Crippen molar-refractivity contribution in [1.29, 1.82) is 0 Å². The van der Waals surface area contributed by atoms with Crippen molar-refractivity contribution in [3.63, 3.8) is 0 Å². The maximum absolute atomic E-state index is 10.9. The summed E-state index contributed by atoms with van der Waals surface area (Å²) >= 11 is 5.92. The summed E-state index contributed by atoms with van der Waals surface area (Å²) in [6, 6.07) is 5.21. The van der Waals surface area contributed by atoms with Crippen molar-refractivity contribution in [2.75, 3.05) is 25.4 Å². The highest BCUT2D eigenvalue weighted by molar-refractivity contribution is 6.33. The number of ether oxygens (including phenoxy) is 1. The smallest absolute Gasteiger partial charge is 0.407 e. The minimum absolute atomic E-state index is 0.280. The van der Waals surface area contributed by atoms with Crippen LogP contribution >= 0.6 is 11.6 Å². The zero-order valence-corrected chi connectivity index (χ0v) is 9.85. The SMILES string of the molecule is Nc1ccc(C2CN(C(=O)O)CCO2)cc1Cl. The van der Waals surface area contributed by atoms with Gasteiger partial charge < -0.3 is 20.5 Å². The zero-order valence-electron chi connectivity index (χ0n) is 9.10. The number of amides is 1. The summed E-state index contributed by atoms with van der Waals surface area (Å²) in [5, 5.41) is 9.38. The fraction of sp³-hybridized carbons (Fsp3) is 0.364. The number of nitrogens with zero attached hydrogens (tertiary/aromatic N) is 1.